The molecule has 0 fully saturated rings. The molecule has 0 atom stereocenters. The van der Waals surface area contributed by atoms with E-state index in [0.717, 1.165) is 37.8 Å². The fourth-order valence-electron chi connectivity index (χ4n) is 1.68. The molecule has 0 heterocycles. The summed E-state index contributed by atoms with van der Waals surface area (Å²) >= 11 is 0. The van der Waals surface area contributed by atoms with Crippen molar-refractivity contribution in [2.75, 3.05) is 11.9 Å². The smallest absolute Gasteiger partial charge is 0.411 e. The minimum Gasteiger partial charge on any atom is -0.449 e. The molecule has 0 aliphatic rings. The molecule has 1 aromatic rings. The van der Waals surface area contributed by atoms with E-state index >= 15 is 0 Å². The number of amides is 1. The van der Waals surface area contributed by atoms with Crippen LogP contribution in [0.2, 0.25) is 0 Å². The molecule has 0 unspecified atom stereocenters. The van der Waals surface area contributed by atoms with E-state index in [1.807, 2.05) is 18.2 Å². The van der Waals surface area contributed by atoms with E-state index in [9.17, 15) is 4.79 Å². The van der Waals surface area contributed by atoms with Crippen LogP contribution in [0, 0.1) is 0 Å². The van der Waals surface area contributed by atoms with Crippen molar-refractivity contribution in [2.24, 2.45) is 0 Å². The maximum absolute atomic E-state index is 11.6. The van der Waals surface area contributed by atoms with E-state index in [1.54, 1.807) is 0 Å². The van der Waals surface area contributed by atoms with E-state index in [4.69, 9.17) is 4.74 Å². The molecule has 0 aromatic heterocycles. The number of aryl methyl sites for hydroxylation is 1. The van der Waals surface area contributed by atoms with E-state index < -0.39 is 0 Å². The van der Waals surface area contributed by atoms with Crippen LogP contribution in [-0.4, -0.2) is 12.7 Å². The normalized spacial score (nSPS) is 10.1. The fourth-order valence-corrected chi connectivity index (χ4v) is 1.68. The van der Waals surface area contributed by atoms with Crippen LogP contribution < -0.4 is 5.32 Å². The molecular weight excluding hydrogens is 226 g/mol. The zero-order valence-electron chi connectivity index (χ0n) is 11.4. The van der Waals surface area contributed by atoms with E-state index in [2.05, 4.69) is 25.2 Å². The second kappa shape index (κ2) is 8.56. The number of carbonyl (C=O) groups excluding carboxylic acids is 1. The van der Waals surface area contributed by atoms with Gasteiger partial charge in [-0.1, -0.05) is 44.9 Å². The van der Waals surface area contributed by atoms with Crippen LogP contribution in [0.25, 0.3) is 0 Å². The number of nitrogens with one attached hydrogen (secondary N) is 1. The van der Waals surface area contributed by atoms with Gasteiger partial charge in [-0.05, 0) is 30.9 Å². The number of anilines is 1. The minimum absolute atomic E-state index is 0.354. The number of ether oxygens (including phenoxy) is 1. The molecule has 0 saturated heterocycles. The number of benzene rings is 1. The largest absolute Gasteiger partial charge is 0.449 e. The monoisotopic (exact) mass is 249 g/mol. The average molecular weight is 249 g/mol. The zero-order chi connectivity index (χ0) is 13.2. The highest BCUT2D eigenvalue weighted by Crippen LogP contribution is 2.17. The van der Waals surface area contributed by atoms with Gasteiger partial charge < -0.3 is 4.74 Å². The van der Waals surface area contributed by atoms with Crippen LogP contribution >= 0.6 is 0 Å². The zero-order valence-corrected chi connectivity index (χ0v) is 11.4. The number of carbonyl (C=O) groups is 1. The molecule has 1 amide bonds. The van der Waals surface area contributed by atoms with E-state index in [1.165, 1.54) is 5.56 Å². The third kappa shape index (κ3) is 5.21. The van der Waals surface area contributed by atoms with Crippen LogP contribution in [0.15, 0.2) is 24.3 Å². The first kappa shape index (κ1) is 14.6. The number of para-hydroxylation sites is 1. The fraction of sp³-hybridized carbons (Fsp3) is 0.533. The second-order valence-corrected chi connectivity index (χ2v) is 4.38. The van der Waals surface area contributed by atoms with Gasteiger partial charge in [0.1, 0.15) is 0 Å². The Balaban J connectivity index is 2.51. The molecule has 18 heavy (non-hydrogen) atoms. The van der Waals surface area contributed by atoms with Gasteiger partial charge in [-0.2, -0.15) is 0 Å². The Bertz CT molecular complexity index is 363. The van der Waals surface area contributed by atoms with Crippen LogP contribution in [0.4, 0.5) is 10.5 Å². The number of hydrogen-bond donors (Lipinski definition) is 1. The Morgan fingerprint density at radius 2 is 1.89 bits per heavy atom. The summed E-state index contributed by atoms with van der Waals surface area (Å²) in [5.41, 5.74) is 2.04. The number of rotatable bonds is 7. The molecule has 0 spiro atoms. The maximum atomic E-state index is 11.6. The summed E-state index contributed by atoms with van der Waals surface area (Å²) in [5.74, 6) is 0. The third-order valence-electron chi connectivity index (χ3n) is 2.78. The van der Waals surface area contributed by atoms with Gasteiger partial charge in [0, 0.05) is 5.69 Å². The van der Waals surface area contributed by atoms with Crippen LogP contribution in [0.1, 0.15) is 45.1 Å². The molecule has 3 heteroatoms. The first-order valence-corrected chi connectivity index (χ1v) is 6.79. The molecule has 0 bridgehead atoms. The van der Waals surface area contributed by atoms with Crippen LogP contribution in [-0.2, 0) is 11.2 Å². The highest BCUT2D eigenvalue weighted by Gasteiger charge is 2.06. The molecular formula is C15H23NO2. The van der Waals surface area contributed by atoms with Crippen LogP contribution in [0.5, 0.6) is 0 Å². The van der Waals surface area contributed by atoms with Crippen molar-refractivity contribution in [1.29, 1.82) is 0 Å². The molecule has 1 N–H and O–H groups in total. The summed E-state index contributed by atoms with van der Waals surface area (Å²) in [6, 6.07) is 7.90. The average Bonchev–Trinajstić information content (AvgIpc) is 2.38. The topological polar surface area (TPSA) is 38.3 Å². The Labute approximate surface area is 110 Å². The highest BCUT2D eigenvalue weighted by molar-refractivity contribution is 5.85. The van der Waals surface area contributed by atoms with Gasteiger partial charge in [-0.25, -0.2) is 4.79 Å². The molecule has 0 aliphatic carbocycles. The molecule has 1 aromatic carbocycles. The molecule has 0 aliphatic heterocycles. The number of hydrogen-bond acceptors (Lipinski definition) is 2. The minimum atomic E-state index is -0.354. The number of unbranched alkanes of at least 4 members (excludes halogenated alkanes) is 2. The lowest BCUT2D eigenvalue weighted by molar-refractivity contribution is 0.160. The predicted molar refractivity (Wildman–Crippen MR) is 74.9 cm³/mol. The summed E-state index contributed by atoms with van der Waals surface area (Å²) < 4.78 is 5.10. The summed E-state index contributed by atoms with van der Waals surface area (Å²) in [4.78, 5) is 11.6. The Morgan fingerprint density at radius 3 is 2.61 bits per heavy atom. The molecule has 3 nitrogen and oxygen atoms in total. The van der Waals surface area contributed by atoms with Gasteiger partial charge >= 0.3 is 6.09 Å². The van der Waals surface area contributed by atoms with Gasteiger partial charge in [0.15, 0.2) is 0 Å². The van der Waals surface area contributed by atoms with E-state index in [-0.39, 0.29) is 6.09 Å². The van der Waals surface area contributed by atoms with Gasteiger partial charge in [0.05, 0.1) is 6.61 Å². The summed E-state index contributed by atoms with van der Waals surface area (Å²) in [5, 5.41) is 2.82. The Hall–Kier alpha value is -1.51. The van der Waals surface area contributed by atoms with Gasteiger partial charge in [0.25, 0.3) is 0 Å². The second-order valence-electron chi connectivity index (χ2n) is 4.38. The van der Waals surface area contributed by atoms with E-state index in [0.29, 0.717) is 6.61 Å². The van der Waals surface area contributed by atoms with Crippen molar-refractivity contribution in [3.63, 3.8) is 0 Å². The summed E-state index contributed by atoms with van der Waals surface area (Å²) in [7, 11) is 0. The quantitative estimate of drug-likeness (QED) is 0.728. The standard InChI is InChI=1S/C15H23NO2/c1-3-5-9-13-10-7-8-11-14(13)16-15(17)18-12-6-4-2/h7-8,10-11H,3-6,9,12H2,1-2H3,(H,16,17). The Morgan fingerprint density at radius 1 is 1.17 bits per heavy atom. The molecule has 100 valence electrons. The maximum Gasteiger partial charge on any atom is 0.411 e. The lowest BCUT2D eigenvalue weighted by Gasteiger charge is -2.11. The first-order chi connectivity index (χ1) is 8.77. The van der Waals surface area contributed by atoms with Crippen molar-refractivity contribution in [2.45, 2.75) is 46.0 Å². The molecule has 0 saturated carbocycles. The predicted octanol–water partition coefficient (Wildman–Crippen LogP) is 4.38. The highest BCUT2D eigenvalue weighted by atomic mass is 16.5. The first-order valence-electron chi connectivity index (χ1n) is 6.79. The third-order valence-corrected chi connectivity index (χ3v) is 2.78. The molecule has 0 radical (unpaired) electrons. The molecule has 1 rings (SSSR count). The van der Waals surface area contributed by atoms with Crippen molar-refractivity contribution < 1.29 is 9.53 Å². The van der Waals surface area contributed by atoms with Gasteiger partial charge in [0.2, 0.25) is 0 Å². The van der Waals surface area contributed by atoms with Crippen molar-refractivity contribution in [3.8, 4) is 0 Å². The lowest BCUT2D eigenvalue weighted by atomic mass is 10.1. The lowest BCUT2D eigenvalue weighted by Crippen LogP contribution is -2.15. The van der Waals surface area contributed by atoms with Gasteiger partial charge in [-0.15, -0.1) is 0 Å². The van der Waals surface area contributed by atoms with Crippen LogP contribution in [0.3, 0.4) is 0 Å². The summed E-state index contributed by atoms with van der Waals surface area (Å²) in [6.07, 6.45) is 4.85. The van der Waals surface area contributed by atoms with Crippen molar-refractivity contribution >= 4 is 11.8 Å². The Kier molecular flexibility index (Phi) is 6.92. The van der Waals surface area contributed by atoms with Gasteiger partial charge in [-0.3, -0.25) is 5.32 Å². The SMILES string of the molecule is CCCCOC(=O)Nc1ccccc1CCCC. The summed E-state index contributed by atoms with van der Waals surface area (Å²) in [6.45, 7) is 4.72. The van der Waals surface area contributed by atoms with Crippen molar-refractivity contribution in [1.82, 2.24) is 0 Å². The van der Waals surface area contributed by atoms with Crippen molar-refractivity contribution in [3.05, 3.63) is 29.8 Å².